The van der Waals surface area contributed by atoms with Crippen LogP contribution in [0.5, 0.6) is 0 Å². The van der Waals surface area contributed by atoms with E-state index in [0.29, 0.717) is 11.8 Å². The van der Waals surface area contributed by atoms with Crippen molar-refractivity contribution in [2.24, 2.45) is 11.8 Å². The van der Waals surface area contributed by atoms with Gasteiger partial charge in [0.05, 0.1) is 12.0 Å². The van der Waals surface area contributed by atoms with Gasteiger partial charge in [0.25, 0.3) is 0 Å². The highest BCUT2D eigenvalue weighted by Crippen LogP contribution is 2.36. The van der Waals surface area contributed by atoms with Crippen LogP contribution < -0.4 is 0 Å². The van der Waals surface area contributed by atoms with Crippen LogP contribution in [0.4, 0.5) is 0 Å². The molecule has 0 saturated heterocycles. The maximum atomic E-state index is 12.7. The topological polar surface area (TPSA) is 50.1 Å². The van der Waals surface area contributed by atoms with E-state index < -0.39 is 0 Å². The van der Waals surface area contributed by atoms with E-state index in [0.717, 1.165) is 64.2 Å². The molecule has 0 atom stereocenters. The van der Waals surface area contributed by atoms with E-state index in [4.69, 9.17) is 10.00 Å². The van der Waals surface area contributed by atoms with E-state index in [1.807, 2.05) is 12.1 Å². The van der Waals surface area contributed by atoms with Crippen LogP contribution >= 0.6 is 0 Å². The van der Waals surface area contributed by atoms with Crippen LogP contribution in [0.15, 0.2) is 36.4 Å². The molecule has 0 aliphatic heterocycles. The Balaban J connectivity index is 1.35. The van der Waals surface area contributed by atoms with E-state index in [2.05, 4.69) is 31.2 Å². The lowest BCUT2D eigenvalue weighted by atomic mass is 9.79. The van der Waals surface area contributed by atoms with E-state index in [1.54, 1.807) is 6.08 Å². The second-order valence-electron chi connectivity index (χ2n) is 9.94. The minimum absolute atomic E-state index is 0.0488. The van der Waals surface area contributed by atoms with Crippen LogP contribution in [0.1, 0.15) is 107 Å². The average Bonchev–Trinajstić information content (AvgIpc) is 2.83. The average molecular weight is 436 g/mol. The molecule has 174 valence electrons. The summed E-state index contributed by atoms with van der Waals surface area (Å²) >= 11 is 0. The molecule has 0 radical (unpaired) electrons. The molecule has 0 heterocycles. The molecule has 0 unspecified atom stereocenters. The Bertz CT molecular complexity index is 744. The van der Waals surface area contributed by atoms with E-state index >= 15 is 0 Å². The Morgan fingerprint density at radius 2 is 1.75 bits per heavy atom. The lowest BCUT2D eigenvalue weighted by molar-refractivity contribution is -0.157. The smallest absolute Gasteiger partial charge is 0.309 e. The highest BCUT2D eigenvalue weighted by molar-refractivity contribution is 5.72. The molecular weight excluding hydrogens is 394 g/mol. The third-order valence-corrected chi connectivity index (χ3v) is 7.59. The molecule has 3 nitrogen and oxygen atoms in total. The molecule has 3 heteroatoms. The highest BCUT2D eigenvalue weighted by Gasteiger charge is 2.30. The number of carbonyl (C=O) groups is 1. The summed E-state index contributed by atoms with van der Waals surface area (Å²) < 4.78 is 5.95. The fourth-order valence-electron chi connectivity index (χ4n) is 5.46. The summed E-state index contributed by atoms with van der Waals surface area (Å²) in [6.45, 7) is 2.25. The van der Waals surface area contributed by atoms with E-state index in [1.165, 1.54) is 36.8 Å². The van der Waals surface area contributed by atoms with Crippen molar-refractivity contribution in [1.29, 1.82) is 5.26 Å². The van der Waals surface area contributed by atoms with Crippen molar-refractivity contribution in [3.05, 3.63) is 47.5 Å². The number of allylic oxidation sites excluding steroid dienone is 2. The third-order valence-electron chi connectivity index (χ3n) is 7.59. The SMILES string of the molecule is CCCCCc1ccc(C2CCC(OC(=O)C3CCC(CC/C=C/C#N)CC3)CC2)cc1. The summed E-state index contributed by atoms with van der Waals surface area (Å²) in [5, 5.41) is 8.56. The van der Waals surface area contributed by atoms with Gasteiger partial charge in [-0.15, -0.1) is 0 Å². The molecule has 2 aliphatic rings. The molecule has 0 aromatic heterocycles. The molecule has 2 saturated carbocycles. The maximum absolute atomic E-state index is 12.7. The number of esters is 1. The van der Waals surface area contributed by atoms with Crippen LogP contribution in [0.3, 0.4) is 0 Å². The minimum Gasteiger partial charge on any atom is -0.462 e. The number of ether oxygens (including phenoxy) is 1. The Hall–Kier alpha value is -2.08. The van der Waals surface area contributed by atoms with Gasteiger partial charge in [-0.2, -0.15) is 5.26 Å². The second-order valence-corrected chi connectivity index (χ2v) is 9.94. The van der Waals surface area contributed by atoms with Crippen molar-refractivity contribution in [2.45, 2.75) is 109 Å². The van der Waals surface area contributed by atoms with Crippen LogP contribution in [0.25, 0.3) is 0 Å². The zero-order valence-corrected chi connectivity index (χ0v) is 19.9. The van der Waals surface area contributed by atoms with Gasteiger partial charge in [-0.3, -0.25) is 4.79 Å². The Morgan fingerprint density at radius 1 is 1.03 bits per heavy atom. The van der Waals surface area contributed by atoms with E-state index in [9.17, 15) is 4.79 Å². The molecule has 1 aromatic rings. The maximum Gasteiger partial charge on any atom is 0.309 e. The molecule has 1 aromatic carbocycles. The van der Waals surface area contributed by atoms with Gasteiger partial charge in [0.15, 0.2) is 0 Å². The Labute approximate surface area is 195 Å². The number of carbonyl (C=O) groups excluding carboxylic acids is 1. The summed E-state index contributed by atoms with van der Waals surface area (Å²) in [5.74, 6) is 1.45. The molecule has 3 rings (SSSR count). The van der Waals surface area contributed by atoms with Crippen LogP contribution in [0.2, 0.25) is 0 Å². The number of hydrogen-bond donors (Lipinski definition) is 0. The summed E-state index contributed by atoms with van der Waals surface area (Å²) in [5.41, 5.74) is 2.91. The molecule has 0 N–H and O–H groups in total. The fraction of sp³-hybridized carbons (Fsp3) is 0.655. The van der Waals surface area contributed by atoms with Crippen molar-refractivity contribution in [3.63, 3.8) is 0 Å². The summed E-state index contributed by atoms with van der Waals surface area (Å²) in [6, 6.07) is 11.3. The number of unbranched alkanes of at least 4 members (excludes halogenated alkanes) is 2. The van der Waals surface area contributed by atoms with Crippen molar-refractivity contribution >= 4 is 5.97 Å². The third kappa shape index (κ3) is 7.80. The molecule has 32 heavy (non-hydrogen) atoms. The number of aryl methyl sites for hydroxylation is 1. The van der Waals surface area contributed by atoms with Crippen molar-refractivity contribution < 1.29 is 9.53 Å². The summed E-state index contributed by atoms with van der Waals surface area (Å²) in [7, 11) is 0. The van der Waals surface area contributed by atoms with E-state index in [-0.39, 0.29) is 18.0 Å². The first-order chi connectivity index (χ1) is 15.7. The molecule has 0 spiro atoms. The van der Waals surface area contributed by atoms with Gasteiger partial charge in [0.2, 0.25) is 0 Å². The quantitative estimate of drug-likeness (QED) is 0.215. The Morgan fingerprint density at radius 3 is 2.41 bits per heavy atom. The predicted molar refractivity (Wildman–Crippen MR) is 130 cm³/mol. The number of benzene rings is 1. The van der Waals surface area contributed by atoms with Gasteiger partial charge in [0.1, 0.15) is 6.10 Å². The van der Waals surface area contributed by atoms with Gasteiger partial charge < -0.3 is 4.74 Å². The normalized spacial score (nSPS) is 26.0. The second kappa shape index (κ2) is 13.5. The van der Waals surface area contributed by atoms with Gasteiger partial charge in [-0.1, -0.05) is 50.1 Å². The fourth-order valence-corrected chi connectivity index (χ4v) is 5.46. The molecule has 0 amide bonds. The molecule has 0 bridgehead atoms. The zero-order chi connectivity index (χ0) is 22.6. The van der Waals surface area contributed by atoms with Crippen molar-refractivity contribution in [1.82, 2.24) is 0 Å². The van der Waals surface area contributed by atoms with Crippen LogP contribution in [-0.4, -0.2) is 12.1 Å². The van der Waals surface area contributed by atoms with Crippen LogP contribution in [0, 0.1) is 23.2 Å². The summed E-state index contributed by atoms with van der Waals surface area (Å²) in [6.07, 6.45) is 19.2. The van der Waals surface area contributed by atoms with Gasteiger partial charge >= 0.3 is 5.97 Å². The molecular formula is C29H41NO2. The van der Waals surface area contributed by atoms with Crippen molar-refractivity contribution in [2.75, 3.05) is 0 Å². The van der Waals surface area contributed by atoms with Crippen LogP contribution in [-0.2, 0) is 16.0 Å². The number of nitriles is 1. The first-order valence-corrected chi connectivity index (χ1v) is 13.0. The van der Waals surface area contributed by atoms with Gasteiger partial charge in [-0.25, -0.2) is 0 Å². The molecule has 2 fully saturated rings. The number of nitrogens with zero attached hydrogens (tertiary/aromatic N) is 1. The zero-order valence-electron chi connectivity index (χ0n) is 19.9. The van der Waals surface area contributed by atoms with Gasteiger partial charge in [-0.05, 0) is 100 Å². The van der Waals surface area contributed by atoms with Gasteiger partial charge in [0, 0.05) is 6.08 Å². The first-order valence-electron chi connectivity index (χ1n) is 13.0. The monoisotopic (exact) mass is 435 g/mol. The molecule has 2 aliphatic carbocycles. The standard InChI is InChI=1S/C29H41NO2/c1-2-3-5-8-23-10-14-25(15-11-23)26-18-20-28(21-19-26)32-29(31)27-16-12-24(13-17-27)9-6-4-7-22-30/h4,7,10-11,14-15,24,26-28H,2-3,5-6,8-9,12-13,16-21H2,1H3/b7-4+. The Kier molecular flexibility index (Phi) is 10.3. The summed E-state index contributed by atoms with van der Waals surface area (Å²) in [4.78, 5) is 12.7. The lowest BCUT2D eigenvalue weighted by Crippen LogP contribution is -2.29. The lowest BCUT2D eigenvalue weighted by Gasteiger charge is -2.31. The number of hydrogen-bond acceptors (Lipinski definition) is 3. The largest absolute Gasteiger partial charge is 0.462 e. The highest BCUT2D eigenvalue weighted by atomic mass is 16.5. The predicted octanol–water partition coefficient (Wildman–Crippen LogP) is 7.66. The first kappa shape index (κ1) is 24.6. The number of rotatable bonds is 10. The van der Waals surface area contributed by atoms with Crippen molar-refractivity contribution in [3.8, 4) is 6.07 Å². The minimum atomic E-state index is 0.0488.